The molecule has 0 spiro atoms. The van der Waals surface area contributed by atoms with Crippen molar-refractivity contribution in [3.8, 4) is 5.75 Å². The Labute approximate surface area is 125 Å². The largest absolute Gasteiger partial charge is 0.507 e. The molecule has 112 valence electrons. The van der Waals surface area contributed by atoms with E-state index in [1.807, 2.05) is 20.8 Å². The van der Waals surface area contributed by atoms with Crippen LogP contribution in [0.15, 0.2) is 18.2 Å². The SMILES string of the molecule is CCCN(CC(C)(C)CN)C(=O)c1ccc(Cl)cc1O. The average Bonchev–Trinajstić information content (AvgIpc) is 2.37. The molecule has 0 radical (unpaired) electrons. The van der Waals surface area contributed by atoms with Gasteiger partial charge in [0.25, 0.3) is 5.91 Å². The minimum absolute atomic E-state index is 0.0887. The fourth-order valence-electron chi connectivity index (χ4n) is 1.96. The van der Waals surface area contributed by atoms with Crippen molar-refractivity contribution in [2.24, 2.45) is 11.1 Å². The summed E-state index contributed by atoms with van der Waals surface area (Å²) in [5.41, 5.74) is 5.85. The molecule has 0 aliphatic carbocycles. The van der Waals surface area contributed by atoms with Crippen LogP contribution in [0.2, 0.25) is 5.02 Å². The first-order chi connectivity index (χ1) is 9.30. The summed E-state index contributed by atoms with van der Waals surface area (Å²) >= 11 is 5.79. The fourth-order valence-corrected chi connectivity index (χ4v) is 2.13. The summed E-state index contributed by atoms with van der Waals surface area (Å²) in [6.45, 7) is 7.72. The van der Waals surface area contributed by atoms with Crippen molar-refractivity contribution in [1.29, 1.82) is 0 Å². The Bertz CT molecular complexity index is 475. The van der Waals surface area contributed by atoms with Crippen LogP contribution in [0.4, 0.5) is 0 Å². The van der Waals surface area contributed by atoms with Gasteiger partial charge in [0, 0.05) is 18.1 Å². The van der Waals surface area contributed by atoms with Gasteiger partial charge in [-0.1, -0.05) is 32.4 Å². The standard InChI is InChI=1S/C15H23ClN2O2/c1-4-7-18(10-15(2,3)9-17)14(20)12-6-5-11(16)8-13(12)19/h5-6,8,19H,4,7,9-10,17H2,1-3H3. The maximum atomic E-state index is 12.5. The van der Waals surface area contributed by atoms with Gasteiger partial charge in [0.1, 0.15) is 5.75 Å². The number of nitrogens with two attached hydrogens (primary N) is 1. The quantitative estimate of drug-likeness (QED) is 0.848. The molecular formula is C15H23ClN2O2. The summed E-state index contributed by atoms with van der Waals surface area (Å²) in [7, 11) is 0. The predicted octanol–water partition coefficient (Wildman–Crippen LogP) is 2.88. The van der Waals surface area contributed by atoms with Crippen molar-refractivity contribution in [1.82, 2.24) is 4.90 Å². The molecule has 1 amide bonds. The number of benzene rings is 1. The summed E-state index contributed by atoms with van der Waals surface area (Å²) in [5.74, 6) is -0.281. The fraction of sp³-hybridized carbons (Fsp3) is 0.533. The van der Waals surface area contributed by atoms with Gasteiger partial charge in [0.05, 0.1) is 5.56 Å². The van der Waals surface area contributed by atoms with Crippen LogP contribution in [0.5, 0.6) is 5.75 Å². The Balaban J connectivity index is 2.99. The number of nitrogens with zero attached hydrogens (tertiary/aromatic N) is 1. The number of amides is 1. The summed E-state index contributed by atoms with van der Waals surface area (Å²) in [4.78, 5) is 14.3. The third-order valence-electron chi connectivity index (χ3n) is 3.14. The highest BCUT2D eigenvalue weighted by Gasteiger charge is 2.25. The first kappa shape index (κ1) is 16.8. The minimum atomic E-state index is -0.192. The zero-order valence-corrected chi connectivity index (χ0v) is 13.1. The molecule has 1 rings (SSSR count). The number of aromatic hydroxyl groups is 1. The molecule has 0 saturated heterocycles. The highest BCUT2D eigenvalue weighted by Crippen LogP contribution is 2.25. The number of hydrogen-bond acceptors (Lipinski definition) is 3. The van der Waals surface area contributed by atoms with Crippen LogP contribution in [-0.4, -0.2) is 35.5 Å². The zero-order valence-electron chi connectivity index (χ0n) is 12.3. The third kappa shape index (κ3) is 4.39. The van der Waals surface area contributed by atoms with E-state index in [1.165, 1.54) is 6.07 Å². The molecule has 5 heteroatoms. The number of carbonyl (C=O) groups is 1. The number of hydrogen-bond donors (Lipinski definition) is 2. The molecule has 0 aromatic heterocycles. The Morgan fingerprint density at radius 2 is 2.10 bits per heavy atom. The van der Waals surface area contributed by atoms with Gasteiger partial charge in [-0.05, 0) is 36.6 Å². The Kier molecular flexibility index (Phi) is 5.84. The van der Waals surface area contributed by atoms with E-state index in [4.69, 9.17) is 17.3 Å². The summed E-state index contributed by atoms with van der Waals surface area (Å²) < 4.78 is 0. The number of carbonyl (C=O) groups excluding carboxylic acids is 1. The van der Waals surface area contributed by atoms with Crippen molar-refractivity contribution in [3.63, 3.8) is 0 Å². The van der Waals surface area contributed by atoms with E-state index in [2.05, 4.69) is 0 Å². The smallest absolute Gasteiger partial charge is 0.257 e. The topological polar surface area (TPSA) is 66.6 Å². The Morgan fingerprint density at radius 1 is 1.45 bits per heavy atom. The van der Waals surface area contributed by atoms with Gasteiger partial charge in [-0.3, -0.25) is 4.79 Å². The highest BCUT2D eigenvalue weighted by molar-refractivity contribution is 6.30. The van der Waals surface area contributed by atoms with Gasteiger partial charge in [-0.2, -0.15) is 0 Å². The molecule has 0 aliphatic heterocycles. The van der Waals surface area contributed by atoms with Gasteiger partial charge in [0.15, 0.2) is 0 Å². The molecule has 0 bridgehead atoms. The van der Waals surface area contributed by atoms with Crippen molar-refractivity contribution in [2.75, 3.05) is 19.6 Å². The van der Waals surface area contributed by atoms with E-state index in [9.17, 15) is 9.90 Å². The van der Waals surface area contributed by atoms with Crippen molar-refractivity contribution in [3.05, 3.63) is 28.8 Å². The maximum Gasteiger partial charge on any atom is 0.257 e. The Hall–Kier alpha value is -1.26. The molecule has 0 atom stereocenters. The van der Waals surface area contributed by atoms with Crippen LogP contribution in [0, 0.1) is 5.41 Å². The van der Waals surface area contributed by atoms with Gasteiger partial charge in [-0.25, -0.2) is 0 Å². The lowest BCUT2D eigenvalue weighted by Crippen LogP contribution is -2.42. The molecule has 0 heterocycles. The molecule has 0 unspecified atom stereocenters. The first-order valence-corrected chi connectivity index (χ1v) is 7.16. The van der Waals surface area contributed by atoms with E-state index in [-0.39, 0.29) is 22.6 Å². The number of rotatable bonds is 6. The molecular weight excluding hydrogens is 276 g/mol. The van der Waals surface area contributed by atoms with Crippen LogP contribution in [0.25, 0.3) is 0 Å². The second-order valence-electron chi connectivity index (χ2n) is 5.76. The van der Waals surface area contributed by atoms with Crippen LogP contribution >= 0.6 is 11.6 Å². The zero-order chi connectivity index (χ0) is 15.3. The van der Waals surface area contributed by atoms with Gasteiger partial charge in [-0.15, -0.1) is 0 Å². The molecule has 20 heavy (non-hydrogen) atoms. The van der Waals surface area contributed by atoms with Gasteiger partial charge >= 0.3 is 0 Å². The normalized spacial score (nSPS) is 11.4. The van der Waals surface area contributed by atoms with E-state index < -0.39 is 0 Å². The molecule has 0 saturated carbocycles. The monoisotopic (exact) mass is 298 g/mol. The maximum absolute atomic E-state index is 12.5. The number of phenolic OH excluding ortho intramolecular Hbond substituents is 1. The highest BCUT2D eigenvalue weighted by atomic mass is 35.5. The second kappa shape index (κ2) is 6.95. The molecule has 0 aliphatic rings. The van der Waals surface area contributed by atoms with Crippen molar-refractivity contribution < 1.29 is 9.90 Å². The number of halogens is 1. The lowest BCUT2D eigenvalue weighted by Gasteiger charge is -2.32. The van der Waals surface area contributed by atoms with Gasteiger partial charge in [0.2, 0.25) is 0 Å². The number of phenols is 1. The summed E-state index contributed by atoms with van der Waals surface area (Å²) in [5, 5.41) is 10.3. The lowest BCUT2D eigenvalue weighted by atomic mass is 9.92. The van der Waals surface area contributed by atoms with Gasteiger partial charge < -0.3 is 15.7 Å². The molecule has 3 N–H and O–H groups in total. The molecule has 1 aromatic carbocycles. The van der Waals surface area contributed by atoms with Crippen LogP contribution < -0.4 is 5.73 Å². The second-order valence-corrected chi connectivity index (χ2v) is 6.19. The lowest BCUT2D eigenvalue weighted by molar-refractivity contribution is 0.0686. The van der Waals surface area contributed by atoms with E-state index in [1.54, 1.807) is 17.0 Å². The van der Waals surface area contributed by atoms with Crippen LogP contribution in [-0.2, 0) is 0 Å². The summed E-state index contributed by atoms with van der Waals surface area (Å²) in [6, 6.07) is 4.54. The van der Waals surface area contributed by atoms with E-state index in [0.717, 1.165) is 6.42 Å². The Morgan fingerprint density at radius 3 is 2.60 bits per heavy atom. The van der Waals surface area contributed by atoms with Crippen LogP contribution in [0.1, 0.15) is 37.6 Å². The van der Waals surface area contributed by atoms with E-state index >= 15 is 0 Å². The third-order valence-corrected chi connectivity index (χ3v) is 3.38. The molecule has 4 nitrogen and oxygen atoms in total. The molecule has 0 fully saturated rings. The first-order valence-electron chi connectivity index (χ1n) is 6.78. The predicted molar refractivity (Wildman–Crippen MR) is 82.1 cm³/mol. The van der Waals surface area contributed by atoms with E-state index in [0.29, 0.717) is 24.7 Å². The van der Waals surface area contributed by atoms with Crippen molar-refractivity contribution in [2.45, 2.75) is 27.2 Å². The molecule has 1 aromatic rings. The van der Waals surface area contributed by atoms with Crippen LogP contribution in [0.3, 0.4) is 0 Å². The summed E-state index contributed by atoms with van der Waals surface area (Å²) in [6.07, 6.45) is 0.848. The van der Waals surface area contributed by atoms with Crippen molar-refractivity contribution >= 4 is 17.5 Å². The average molecular weight is 299 g/mol. The minimum Gasteiger partial charge on any atom is -0.507 e.